The average Bonchev–Trinajstić information content (AvgIpc) is 0.899. The molecule has 0 aliphatic heterocycles. The number of carbonyl (C=O) groups excluding carboxylic acids is 4. The molecular weight excluding hydrogens is 1400 g/mol. The fourth-order valence-electron chi connectivity index (χ4n) is 13.9. The first-order valence-corrected chi connectivity index (χ1v) is 49.0. The van der Waals surface area contributed by atoms with Crippen LogP contribution >= 0.6 is 15.6 Å². The van der Waals surface area contributed by atoms with Gasteiger partial charge >= 0.3 is 39.5 Å². The fourth-order valence-corrected chi connectivity index (χ4v) is 15.5. The highest BCUT2D eigenvalue weighted by Gasteiger charge is 2.31. The van der Waals surface area contributed by atoms with E-state index in [-0.39, 0.29) is 25.7 Å². The maximum atomic E-state index is 13.2. The van der Waals surface area contributed by atoms with Gasteiger partial charge in [-0.05, 0) is 37.5 Å². The van der Waals surface area contributed by atoms with Crippen molar-refractivity contribution in [2.75, 3.05) is 39.6 Å². The summed E-state index contributed by atoms with van der Waals surface area (Å²) in [5, 5.41) is 10.7. The van der Waals surface area contributed by atoms with E-state index in [1.807, 2.05) is 0 Å². The number of hydrogen-bond acceptors (Lipinski definition) is 15. The maximum absolute atomic E-state index is 13.2. The summed E-state index contributed by atoms with van der Waals surface area (Å²) in [5.41, 5.74) is 0. The number of aliphatic hydroxyl groups excluding tert-OH is 1. The van der Waals surface area contributed by atoms with Gasteiger partial charge in [0.15, 0.2) is 12.2 Å². The third kappa shape index (κ3) is 80.7. The Kier molecular flexibility index (Phi) is 78.8. The molecule has 0 heterocycles. The normalized spacial score (nSPS) is 14.0. The highest BCUT2D eigenvalue weighted by Crippen LogP contribution is 2.45. The number of carbonyl (C=O) groups is 4. The van der Waals surface area contributed by atoms with Crippen LogP contribution in [-0.4, -0.2) is 96.7 Å². The topological polar surface area (TPSA) is 237 Å². The Labute approximate surface area is 664 Å². The van der Waals surface area contributed by atoms with Gasteiger partial charge in [-0.15, -0.1) is 0 Å². The van der Waals surface area contributed by atoms with Gasteiger partial charge in [-0.1, -0.05) is 427 Å². The van der Waals surface area contributed by atoms with Crippen LogP contribution in [0.3, 0.4) is 0 Å². The van der Waals surface area contributed by atoms with Crippen LogP contribution in [0.1, 0.15) is 478 Å². The maximum Gasteiger partial charge on any atom is 0.472 e. The predicted molar refractivity (Wildman–Crippen MR) is 446 cm³/mol. The lowest BCUT2D eigenvalue weighted by molar-refractivity contribution is -0.161. The first-order valence-electron chi connectivity index (χ1n) is 46.0. The Hall–Kier alpha value is -1.94. The molecule has 0 bridgehead atoms. The van der Waals surface area contributed by atoms with E-state index in [1.54, 1.807) is 0 Å². The molecule has 0 saturated carbocycles. The van der Waals surface area contributed by atoms with Gasteiger partial charge in [-0.2, -0.15) is 0 Å². The predicted octanol–water partition coefficient (Wildman–Crippen LogP) is 27.4. The van der Waals surface area contributed by atoms with Crippen LogP contribution in [0.4, 0.5) is 0 Å². The zero-order valence-electron chi connectivity index (χ0n) is 71.2. The quantitative estimate of drug-likeness (QED) is 0.0222. The van der Waals surface area contributed by atoms with E-state index in [1.165, 1.54) is 295 Å². The van der Waals surface area contributed by atoms with Crippen LogP contribution < -0.4 is 0 Å². The van der Waals surface area contributed by atoms with Gasteiger partial charge < -0.3 is 33.8 Å². The van der Waals surface area contributed by atoms with E-state index in [0.29, 0.717) is 25.7 Å². The number of rotatable bonds is 88. The van der Waals surface area contributed by atoms with Gasteiger partial charge in [0.2, 0.25) is 0 Å². The molecule has 19 heteroatoms. The summed E-state index contributed by atoms with van der Waals surface area (Å²) in [6.07, 6.45) is 73.6. The number of aliphatic hydroxyl groups is 1. The minimum Gasteiger partial charge on any atom is -0.462 e. The summed E-state index contributed by atoms with van der Waals surface area (Å²) in [5.74, 6) is -0.500. The lowest BCUT2D eigenvalue weighted by Crippen LogP contribution is -2.30. The second-order valence-corrected chi connectivity index (χ2v) is 35.6. The third-order valence-electron chi connectivity index (χ3n) is 21.3. The van der Waals surface area contributed by atoms with Crippen LogP contribution in [0.2, 0.25) is 0 Å². The van der Waals surface area contributed by atoms with Crippen molar-refractivity contribution in [2.24, 2.45) is 11.8 Å². The van der Waals surface area contributed by atoms with Crippen molar-refractivity contribution in [3.63, 3.8) is 0 Å². The molecule has 0 fully saturated rings. The molecule has 0 aliphatic rings. The second kappa shape index (κ2) is 80.3. The van der Waals surface area contributed by atoms with Gasteiger partial charge in [0.1, 0.15) is 19.3 Å². The minimum absolute atomic E-state index is 0.108. The summed E-state index contributed by atoms with van der Waals surface area (Å²) in [6, 6.07) is 0. The molecule has 6 atom stereocenters. The van der Waals surface area contributed by atoms with Crippen molar-refractivity contribution in [3.8, 4) is 0 Å². The van der Waals surface area contributed by atoms with Crippen molar-refractivity contribution in [1.29, 1.82) is 0 Å². The molecule has 0 aromatic carbocycles. The minimum atomic E-state index is -4.97. The Morgan fingerprint density at radius 1 is 0.269 bits per heavy atom. The lowest BCUT2D eigenvalue weighted by atomic mass is 9.99. The summed E-state index contributed by atoms with van der Waals surface area (Å²) < 4.78 is 69.0. The first-order chi connectivity index (χ1) is 52.4. The van der Waals surface area contributed by atoms with Gasteiger partial charge in [-0.3, -0.25) is 37.3 Å². The third-order valence-corrected chi connectivity index (χ3v) is 23.2. The standard InChI is InChI=1S/C89H174O17P2/c1-7-10-12-14-16-18-20-22-24-25-26-27-31-35-38-42-46-53-59-65-71-86(91)99-77-84(105-88(93)74-68-62-56-48-44-40-36-32-29-28-30-34-37-41-45-51-57-63-69-81(4)5)79-103-107(95,96)101-75-83(90)76-102-108(97,98)104-80-85(78-100-87(92)72-66-60-54-50-49-52-58-64-70-82(6)9-3)106-89(94)73-67-61-55-47-43-39-33-23-21-19-17-15-13-11-8-2/h81-85,90H,7-80H2,1-6H3,(H,95,96)(H,97,98)/t82?,83-,84-,85-/m1/s1. The Bertz CT molecular complexity index is 2070. The SMILES string of the molecule is CCCCCCCCCCCCCCCCCCCCCCC(=O)OC[C@H](COP(=O)(O)OC[C@@H](O)COP(=O)(O)OC[C@@H](COC(=O)CCCCCCCCCCC(C)CC)OC(=O)CCCCCCCCCCCCCCCCC)OC(=O)CCCCCCCCCCCCCCCCCCCCC(C)C. The molecule has 108 heavy (non-hydrogen) atoms. The van der Waals surface area contributed by atoms with Crippen LogP contribution in [0, 0.1) is 11.8 Å². The molecule has 0 rings (SSSR count). The molecule has 0 spiro atoms. The van der Waals surface area contributed by atoms with Crippen molar-refractivity contribution in [3.05, 3.63) is 0 Å². The van der Waals surface area contributed by atoms with Crippen molar-refractivity contribution in [1.82, 2.24) is 0 Å². The highest BCUT2D eigenvalue weighted by atomic mass is 31.2. The molecule has 0 aliphatic carbocycles. The van der Waals surface area contributed by atoms with E-state index in [4.69, 9.17) is 37.0 Å². The van der Waals surface area contributed by atoms with E-state index in [9.17, 15) is 43.2 Å². The Balaban J connectivity index is 5.24. The monoisotopic (exact) mass is 1580 g/mol. The van der Waals surface area contributed by atoms with Gasteiger partial charge in [0, 0.05) is 25.7 Å². The molecule has 0 aromatic rings. The molecule has 0 amide bonds. The van der Waals surface area contributed by atoms with Crippen molar-refractivity contribution < 1.29 is 80.2 Å². The smallest absolute Gasteiger partial charge is 0.462 e. The molecule has 17 nitrogen and oxygen atoms in total. The number of phosphoric ester groups is 2. The molecule has 0 radical (unpaired) electrons. The van der Waals surface area contributed by atoms with Gasteiger partial charge in [-0.25, -0.2) is 9.13 Å². The first kappa shape index (κ1) is 106. The zero-order chi connectivity index (χ0) is 79.2. The second-order valence-electron chi connectivity index (χ2n) is 32.7. The molecule has 3 N–H and O–H groups in total. The molecule has 3 unspecified atom stereocenters. The Morgan fingerprint density at radius 2 is 0.472 bits per heavy atom. The van der Waals surface area contributed by atoms with Gasteiger partial charge in [0.25, 0.3) is 0 Å². The number of hydrogen-bond donors (Lipinski definition) is 3. The fraction of sp³-hybridized carbons (Fsp3) is 0.955. The molecule has 642 valence electrons. The largest absolute Gasteiger partial charge is 0.472 e. The molecule has 0 saturated heterocycles. The highest BCUT2D eigenvalue weighted by molar-refractivity contribution is 7.47. The summed E-state index contributed by atoms with van der Waals surface area (Å²) in [6.45, 7) is 9.73. The zero-order valence-corrected chi connectivity index (χ0v) is 73.0. The number of ether oxygens (including phenoxy) is 4. The van der Waals surface area contributed by atoms with Crippen LogP contribution in [0.5, 0.6) is 0 Å². The summed E-state index contributed by atoms with van der Waals surface area (Å²) in [4.78, 5) is 73.4. The average molecular weight is 1580 g/mol. The summed E-state index contributed by atoms with van der Waals surface area (Å²) >= 11 is 0. The van der Waals surface area contributed by atoms with E-state index in [2.05, 4.69) is 41.5 Å². The van der Waals surface area contributed by atoms with Crippen LogP contribution in [0.15, 0.2) is 0 Å². The lowest BCUT2D eigenvalue weighted by Gasteiger charge is -2.21. The van der Waals surface area contributed by atoms with E-state index < -0.39 is 97.5 Å². The van der Waals surface area contributed by atoms with Crippen LogP contribution in [-0.2, 0) is 65.4 Å². The van der Waals surface area contributed by atoms with Crippen molar-refractivity contribution >= 4 is 39.5 Å². The summed E-state index contributed by atoms with van der Waals surface area (Å²) in [7, 11) is -9.93. The number of unbranched alkanes of at least 4 members (excludes halogenated alkanes) is 57. The molecular formula is C89H174O17P2. The van der Waals surface area contributed by atoms with Gasteiger partial charge in [0.05, 0.1) is 26.4 Å². The van der Waals surface area contributed by atoms with E-state index >= 15 is 0 Å². The van der Waals surface area contributed by atoms with Crippen molar-refractivity contribution in [2.45, 2.75) is 496 Å². The van der Waals surface area contributed by atoms with E-state index in [0.717, 1.165) is 102 Å². The molecule has 0 aromatic heterocycles. The number of phosphoric acid groups is 2. The Morgan fingerprint density at radius 3 is 0.704 bits per heavy atom. The number of esters is 4. The van der Waals surface area contributed by atoms with Crippen LogP contribution in [0.25, 0.3) is 0 Å².